The first-order chi connectivity index (χ1) is 11.4. The SMILES string of the molecule is c1ccc(-c2cc(CN3CCN(C4CCNC4)CC3)no2)cc1. The molecule has 2 aromatic rings. The van der Waals surface area contributed by atoms with Gasteiger partial charge in [0.05, 0.1) is 5.69 Å². The molecule has 0 spiro atoms. The van der Waals surface area contributed by atoms with Crippen molar-refractivity contribution >= 4 is 0 Å². The highest BCUT2D eigenvalue weighted by Gasteiger charge is 2.26. The molecule has 0 amide bonds. The van der Waals surface area contributed by atoms with Crippen LogP contribution in [0.25, 0.3) is 11.3 Å². The van der Waals surface area contributed by atoms with Crippen molar-refractivity contribution in [2.75, 3.05) is 39.3 Å². The molecule has 0 aliphatic carbocycles. The van der Waals surface area contributed by atoms with Crippen molar-refractivity contribution in [3.8, 4) is 11.3 Å². The van der Waals surface area contributed by atoms with Gasteiger partial charge in [-0.3, -0.25) is 9.80 Å². The predicted molar refractivity (Wildman–Crippen MR) is 90.1 cm³/mol. The number of nitrogens with zero attached hydrogens (tertiary/aromatic N) is 3. The molecule has 2 saturated heterocycles. The Labute approximate surface area is 137 Å². The van der Waals surface area contributed by atoms with Crippen LogP contribution in [-0.4, -0.2) is 60.3 Å². The number of rotatable bonds is 4. The molecule has 0 radical (unpaired) electrons. The summed E-state index contributed by atoms with van der Waals surface area (Å²) in [7, 11) is 0. The second-order valence-electron chi connectivity index (χ2n) is 6.51. The Kier molecular flexibility index (Phi) is 4.41. The number of hydrogen-bond donors (Lipinski definition) is 1. The van der Waals surface area contributed by atoms with Gasteiger partial charge in [-0.2, -0.15) is 0 Å². The van der Waals surface area contributed by atoms with Gasteiger partial charge in [-0.05, 0) is 13.0 Å². The zero-order valence-corrected chi connectivity index (χ0v) is 13.4. The molecule has 0 saturated carbocycles. The Balaban J connectivity index is 1.32. The van der Waals surface area contributed by atoms with Crippen LogP contribution in [-0.2, 0) is 6.54 Å². The van der Waals surface area contributed by atoms with Crippen LogP contribution >= 0.6 is 0 Å². The van der Waals surface area contributed by atoms with E-state index in [0.717, 1.165) is 62.3 Å². The molecule has 1 unspecified atom stereocenters. The molecule has 1 atom stereocenters. The average Bonchev–Trinajstić information content (AvgIpc) is 3.28. The van der Waals surface area contributed by atoms with Crippen LogP contribution in [0.15, 0.2) is 40.9 Å². The van der Waals surface area contributed by atoms with Gasteiger partial charge >= 0.3 is 0 Å². The zero-order chi connectivity index (χ0) is 15.5. The van der Waals surface area contributed by atoms with Crippen molar-refractivity contribution in [3.05, 3.63) is 42.1 Å². The quantitative estimate of drug-likeness (QED) is 0.933. The summed E-state index contributed by atoms with van der Waals surface area (Å²) in [5.74, 6) is 0.858. The van der Waals surface area contributed by atoms with E-state index in [2.05, 4.69) is 38.5 Å². The molecule has 2 fully saturated rings. The van der Waals surface area contributed by atoms with E-state index in [1.54, 1.807) is 0 Å². The monoisotopic (exact) mass is 312 g/mol. The van der Waals surface area contributed by atoms with E-state index in [0.29, 0.717) is 0 Å². The molecule has 1 aromatic heterocycles. The average molecular weight is 312 g/mol. The van der Waals surface area contributed by atoms with E-state index in [9.17, 15) is 0 Å². The van der Waals surface area contributed by atoms with Gasteiger partial charge in [0, 0.05) is 56.9 Å². The van der Waals surface area contributed by atoms with Crippen molar-refractivity contribution < 1.29 is 4.52 Å². The Hall–Kier alpha value is -1.69. The Bertz CT molecular complexity index is 613. The number of hydrogen-bond acceptors (Lipinski definition) is 5. The van der Waals surface area contributed by atoms with Crippen molar-refractivity contribution in [2.45, 2.75) is 19.0 Å². The minimum absolute atomic E-state index is 0.744. The van der Waals surface area contributed by atoms with Crippen molar-refractivity contribution in [2.24, 2.45) is 0 Å². The molecule has 4 rings (SSSR count). The summed E-state index contributed by atoms with van der Waals surface area (Å²) < 4.78 is 5.50. The highest BCUT2D eigenvalue weighted by atomic mass is 16.5. The van der Waals surface area contributed by atoms with Crippen LogP contribution in [0.4, 0.5) is 0 Å². The highest BCUT2D eigenvalue weighted by molar-refractivity contribution is 5.56. The summed E-state index contributed by atoms with van der Waals surface area (Å²) in [6.07, 6.45) is 1.30. The van der Waals surface area contributed by atoms with Crippen molar-refractivity contribution in [1.82, 2.24) is 20.3 Å². The third-order valence-corrected chi connectivity index (χ3v) is 4.96. The Morgan fingerprint density at radius 1 is 1.13 bits per heavy atom. The Morgan fingerprint density at radius 3 is 2.70 bits per heavy atom. The first kappa shape index (κ1) is 14.9. The summed E-state index contributed by atoms with van der Waals surface area (Å²) in [5.41, 5.74) is 2.12. The second-order valence-corrected chi connectivity index (χ2v) is 6.51. The molecule has 3 heterocycles. The smallest absolute Gasteiger partial charge is 0.167 e. The lowest BCUT2D eigenvalue weighted by Gasteiger charge is -2.37. The summed E-state index contributed by atoms with van der Waals surface area (Å²) in [6.45, 7) is 7.77. The van der Waals surface area contributed by atoms with Gasteiger partial charge in [0.25, 0.3) is 0 Å². The molecular weight excluding hydrogens is 288 g/mol. The topological polar surface area (TPSA) is 44.5 Å². The van der Waals surface area contributed by atoms with Crippen LogP contribution in [0, 0.1) is 0 Å². The van der Waals surface area contributed by atoms with E-state index < -0.39 is 0 Å². The van der Waals surface area contributed by atoms with E-state index in [1.165, 1.54) is 13.0 Å². The molecule has 1 N–H and O–H groups in total. The van der Waals surface area contributed by atoms with Gasteiger partial charge in [0.15, 0.2) is 5.76 Å². The lowest BCUT2D eigenvalue weighted by Crippen LogP contribution is -2.50. The van der Waals surface area contributed by atoms with E-state index >= 15 is 0 Å². The van der Waals surface area contributed by atoms with Gasteiger partial charge in [0.1, 0.15) is 0 Å². The van der Waals surface area contributed by atoms with Crippen LogP contribution < -0.4 is 5.32 Å². The minimum atomic E-state index is 0.744. The predicted octanol–water partition coefficient (Wildman–Crippen LogP) is 1.82. The summed E-state index contributed by atoms with van der Waals surface area (Å²) in [5, 5.41) is 7.70. The fourth-order valence-electron chi connectivity index (χ4n) is 3.59. The summed E-state index contributed by atoms with van der Waals surface area (Å²) >= 11 is 0. The summed E-state index contributed by atoms with van der Waals surface area (Å²) in [6, 6.07) is 13.0. The lowest BCUT2D eigenvalue weighted by molar-refractivity contribution is 0.0966. The van der Waals surface area contributed by atoms with E-state index in [-0.39, 0.29) is 0 Å². The molecule has 2 aliphatic heterocycles. The number of piperazine rings is 1. The summed E-state index contributed by atoms with van der Waals surface area (Å²) in [4.78, 5) is 5.11. The van der Waals surface area contributed by atoms with Gasteiger partial charge in [0.2, 0.25) is 0 Å². The maximum absolute atomic E-state index is 5.50. The standard InChI is InChI=1S/C18H24N4O/c1-2-4-15(5-3-1)18-12-16(20-23-18)14-21-8-10-22(11-9-21)17-6-7-19-13-17/h1-5,12,17,19H,6-11,13-14H2. The molecule has 5 nitrogen and oxygen atoms in total. The fourth-order valence-corrected chi connectivity index (χ4v) is 3.59. The second kappa shape index (κ2) is 6.83. The first-order valence-corrected chi connectivity index (χ1v) is 8.56. The lowest BCUT2D eigenvalue weighted by atomic mass is 10.1. The highest BCUT2D eigenvalue weighted by Crippen LogP contribution is 2.21. The molecule has 23 heavy (non-hydrogen) atoms. The molecule has 1 aromatic carbocycles. The molecular formula is C18H24N4O. The maximum Gasteiger partial charge on any atom is 0.167 e. The fraction of sp³-hybridized carbons (Fsp3) is 0.500. The number of benzene rings is 1. The van der Waals surface area contributed by atoms with Gasteiger partial charge in [-0.25, -0.2) is 0 Å². The number of aromatic nitrogens is 1. The van der Waals surface area contributed by atoms with E-state index in [1.807, 2.05) is 18.2 Å². The first-order valence-electron chi connectivity index (χ1n) is 8.56. The normalized spacial score (nSPS) is 23.4. The van der Waals surface area contributed by atoms with Crippen LogP contribution in [0.5, 0.6) is 0 Å². The maximum atomic E-state index is 5.50. The van der Waals surface area contributed by atoms with E-state index in [4.69, 9.17) is 4.52 Å². The van der Waals surface area contributed by atoms with Crippen LogP contribution in [0.2, 0.25) is 0 Å². The van der Waals surface area contributed by atoms with Crippen molar-refractivity contribution in [1.29, 1.82) is 0 Å². The van der Waals surface area contributed by atoms with Crippen molar-refractivity contribution in [3.63, 3.8) is 0 Å². The third kappa shape index (κ3) is 3.47. The minimum Gasteiger partial charge on any atom is -0.356 e. The molecule has 0 bridgehead atoms. The molecule has 122 valence electrons. The Morgan fingerprint density at radius 2 is 1.96 bits per heavy atom. The largest absolute Gasteiger partial charge is 0.356 e. The van der Waals surface area contributed by atoms with Gasteiger partial charge in [-0.1, -0.05) is 35.5 Å². The van der Waals surface area contributed by atoms with Gasteiger partial charge in [-0.15, -0.1) is 0 Å². The third-order valence-electron chi connectivity index (χ3n) is 4.96. The van der Waals surface area contributed by atoms with Crippen LogP contribution in [0.1, 0.15) is 12.1 Å². The zero-order valence-electron chi connectivity index (χ0n) is 13.4. The number of nitrogens with one attached hydrogen (secondary N) is 1. The van der Waals surface area contributed by atoms with Gasteiger partial charge < -0.3 is 9.84 Å². The molecule has 5 heteroatoms. The molecule has 2 aliphatic rings. The van der Waals surface area contributed by atoms with Crippen LogP contribution in [0.3, 0.4) is 0 Å².